The summed E-state index contributed by atoms with van der Waals surface area (Å²) in [6.45, 7) is 5.45. The molecule has 0 spiro atoms. The summed E-state index contributed by atoms with van der Waals surface area (Å²) in [5, 5.41) is 6.29. The molecule has 2 aromatic rings. The van der Waals surface area contributed by atoms with Crippen LogP contribution in [0.2, 0.25) is 0 Å². The van der Waals surface area contributed by atoms with Crippen molar-refractivity contribution in [3.8, 4) is 11.1 Å². The Morgan fingerprint density at radius 2 is 2.00 bits per heavy atom. The summed E-state index contributed by atoms with van der Waals surface area (Å²) in [6.07, 6.45) is 10.8. The summed E-state index contributed by atoms with van der Waals surface area (Å²) in [4.78, 5) is 34.5. The molecule has 2 atom stereocenters. The van der Waals surface area contributed by atoms with Gasteiger partial charge in [0, 0.05) is 75.3 Å². The van der Waals surface area contributed by atoms with Crippen LogP contribution in [-0.4, -0.2) is 83.5 Å². The summed E-state index contributed by atoms with van der Waals surface area (Å²) in [6, 6.07) is 3.22. The molecular weight excluding hydrogens is 459 g/mol. The molecule has 0 unspecified atom stereocenters. The summed E-state index contributed by atoms with van der Waals surface area (Å²) >= 11 is 0. The van der Waals surface area contributed by atoms with E-state index < -0.39 is 5.82 Å². The monoisotopic (exact) mass is 496 g/mol. The van der Waals surface area contributed by atoms with E-state index >= 15 is 0 Å². The number of carbonyl (C=O) groups is 2. The number of likely N-dealkylation sites (N-methyl/N-ethyl adjacent to an activating group) is 1. The normalized spacial score (nSPS) is 22.6. The molecule has 1 saturated heterocycles. The molecular formula is C27H37FN6O2. The van der Waals surface area contributed by atoms with Crippen LogP contribution in [0.4, 0.5) is 4.39 Å². The second-order valence-corrected chi connectivity index (χ2v) is 10.6. The third-order valence-electron chi connectivity index (χ3n) is 8.09. The molecule has 36 heavy (non-hydrogen) atoms. The number of nitrogens with zero attached hydrogens (tertiary/aromatic N) is 4. The van der Waals surface area contributed by atoms with Gasteiger partial charge in [-0.2, -0.15) is 0 Å². The third kappa shape index (κ3) is 5.62. The molecule has 8 nitrogen and oxygen atoms in total. The topological polar surface area (TPSA) is 82.5 Å². The lowest BCUT2D eigenvalue weighted by molar-refractivity contribution is -0.123. The van der Waals surface area contributed by atoms with Gasteiger partial charge in [-0.25, -0.2) is 4.39 Å². The lowest BCUT2D eigenvalue weighted by Gasteiger charge is -2.38. The van der Waals surface area contributed by atoms with Crippen LogP contribution in [-0.2, 0) is 4.79 Å². The summed E-state index contributed by atoms with van der Waals surface area (Å²) < 4.78 is 16.2. The fraction of sp³-hybridized carbons (Fsp3) is 0.593. The van der Waals surface area contributed by atoms with Crippen molar-refractivity contribution in [2.45, 2.75) is 50.6 Å². The molecule has 2 amide bonds. The summed E-state index contributed by atoms with van der Waals surface area (Å²) in [7, 11) is 2.16. The van der Waals surface area contributed by atoms with Gasteiger partial charge in [-0.1, -0.05) is 19.3 Å². The van der Waals surface area contributed by atoms with Gasteiger partial charge >= 0.3 is 0 Å². The fourth-order valence-corrected chi connectivity index (χ4v) is 5.93. The maximum absolute atomic E-state index is 14.3. The number of hydrogen-bond donors (Lipinski definition) is 2. The van der Waals surface area contributed by atoms with E-state index in [0.717, 1.165) is 32.7 Å². The predicted octanol–water partition coefficient (Wildman–Crippen LogP) is 2.68. The molecule has 2 aromatic heterocycles. The molecule has 5 rings (SSSR count). The van der Waals surface area contributed by atoms with Gasteiger partial charge in [-0.3, -0.25) is 19.5 Å². The molecule has 0 bridgehead atoms. The molecule has 0 radical (unpaired) electrons. The number of aromatic nitrogens is 2. The zero-order valence-corrected chi connectivity index (χ0v) is 21.1. The van der Waals surface area contributed by atoms with Gasteiger partial charge in [0.1, 0.15) is 11.5 Å². The van der Waals surface area contributed by atoms with Gasteiger partial charge < -0.3 is 20.1 Å². The van der Waals surface area contributed by atoms with Crippen molar-refractivity contribution >= 4 is 11.8 Å². The van der Waals surface area contributed by atoms with E-state index in [9.17, 15) is 14.0 Å². The summed E-state index contributed by atoms with van der Waals surface area (Å²) in [5.41, 5.74) is 1.46. The highest BCUT2D eigenvalue weighted by atomic mass is 19.1. The van der Waals surface area contributed by atoms with Crippen LogP contribution in [0.3, 0.4) is 0 Å². The second-order valence-electron chi connectivity index (χ2n) is 10.6. The maximum Gasteiger partial charge on any atom is 0.268 e. The lowest BCUT2D eigenvalue weighted by atomic mass is 9.83. The highest BCUT2D eigenvalue weighted by Gasteiger charge is 2.31. The largest absolute Gasteiger partial charge is 0.352 e. The highest BCUT2D eigenvalue weighted by Crippen LogP contribution is 2.30. The van der Waals surface area contributed by atoms with Crippen LogP contribution >= 0.6 is 0 Å². The number of piperazine rings is 1. The van der Waals surface area contributed by atoms with E-state index in [2.05, 4.69) is 32.5 Å². The standard InChI is InChI=1S/C27H37FN6O2/c1-32-9-11-33(12-10-32)18-24(19-5-3-2-4-6-19)31-26(35)14-21-15-30-27(36)25-13-20(17-34(21)25)22-7-8-29-16-23(22)28/h7-8,13,16-17,19,21,24H,2-6,9-12,14-15,18H2,1H3,(H,30,36)(H,31,35)/t21-,24+/m0/s1. The van der Waals surface area contributed by atoms with Crippen LogP contribution < -0.4 is 10.6 Å². The first-order valence-electron chi connectivity index (χ1n) is 13.3. The Labute approximate surface area is 212 Å². The number of rotatable bonds is 7. The lowest BCUT2D eigenvalue weighted by Crippen LogP contribution is -2.53. The molecule has 1 aliphatic carbocycles. The first kappa shape index (κ1) is 24.9. The molecule has 9 heteroatoms. The number of pyridine rings is 1. The van der Waals surface area contributed by atoms with Crippen molar-refractivity contribution in [3.05, 3.63) is 42.2 Å². The minimum atomic E-state index is -0.436. The Kier molecular flexibility index (Phi) is 7.67. The Bertz CT molecular complexity index is 1070. The average Bonchev–Trinajstić information content (AvgIpc) is 3.34. The molecule has 2 N–H and O–H groups in total. The van der Waals surface area contributed by atoms with Crippen LogP contribution in [0.5, 0.6) is 0 Å². The highest BCUT2D eigenvalue weighted by molar-refractivity contribution is 5.95. The zero-order chi connectivity index (χ0) is 25.1. The quantitative estimate of drug-likeness (QED) is 0.616. The van der Waals surface area contributed by atoms with Crippen LogP contribution in [0.15, 0.2) is 30.7 Å². The first-order valence-corrected chi connectivity index (χ1v) is 13.3. The Morgan fingerprint density at radius 3 is 2.75 bits per heavy atom. The zero-order valence-electron chi connectivity index (χ0n) is 21.1. The number of nitrogens with one attached hydrogen (secondary N) is 2. The average molecular weight is 497 g/mol. The smallest absolute Gasteiger partial charge is 0.268 e. The summed E-state index contributed by atoms with van der Waals surface area (Å²) in [5.74, 6) is -0.120. The van der Waals surface area contributed by atoms with Gasteiger partial charge in [0.15, 0.2) is 0 Å². The molecule has 2 aliphatic heterocycles. The Morgan fingerprint density at radius 1 is 1.22 bits per heavy atom. The number of fused-ring (bicyclic) bond motifs is 1. The number of amides is 2. The van der Waals surface area contributed by atoms with Crippen LogP contribution in [0.25, 0.3) is 11.1 Å². The van der Waals surface area contributed by atoms with Crippen LogP contribution in [0, 0.1) is 11.7 Å². The number of hydrogen-bond acceptors (Lipinski definition) is 5. The minimum absolute atomic E-state index is 0.0112. The van der Waals surface area contributed by atoms with Crippen molar-refractivity contribution in [1.82, 2.24) is 30.0 Å². The minimum Gasteiger partial charge on any atom is -0.352 e. The molecule has 0 aromatic carbocycles. The van der Waals surface area contributed by atoms with E-state index in [1.807, 2.05) is 4.57 Å². The van der Waals surface area contributed by atoms with E-state index in [4.69, 9.17) is 0 Å². The second kappa shape index (κ2) is 11.1. The molecule has 1 saturated carbocycles. The van der Waals surface area contributed by atoms with Crippen molar-refractivity contribution in [2.75, 3.05) is 46.3 Å². The fourth-order valence-electron chi connectivity index (χ4n) is 5.93. The number of carbonyl (C=O) groups excluding carboxylic acids is 2. The van der Waals surface area contributed by atoms with Crippen molar-refractivity contribution < 1.29 is 14.0 Å². The van der Waals surface area contributed by atoms with E-state index in [1.54, 1.807) is 18.3 Å². The number of halogens is 1. The van der Waals surface area contributed by atoms with E-state index in [1.165, 1.54) is 44.5 Å². The van der Waals surface area contributed by atoms with Gasteiger partial charge in [0.25, 0.3) is 5.91 Å². The molecule has 4 heterocycles. The van der Waals surface area contributed by atoms with Gasteiger partial charge in [-0.05, 0) is 37.9 Å². The SMILES string of the molecule is CN1CCN(C[C@@H](NC(=O)C[C@H]2CNC(=O)c3cc(-c4ccncc4F)cn32)C2CCCCC2)CC1. The van der Waals surface area contributed by atoms with E-state index in [0.29, 0.717) is 29.3 Å². The van der Waals surface area contributed by atoms with Crippen molar-refractivity contribution in [3.63, 3.8) is 0 Å². The van der Waals surface area contributed by atoms with Crippen LogP contribution in [0.1, 0.15) is 55.1 Å². The molecule has 3 aliphatic rings. The maximum atomic E-state index is 14.3. The van der Waals surface area contributed by atoms with E-state index in [-0.39, 0.29) is 30.3 Å². The van der Waals surface area contributed by atoms with Gasteiger partial charge in [-0.15, -0.1) is 0 Å². The predicted molar refractivity (Wildman–Crippen MR) is 136 cm³/mol. The first-order chi connectivity index (χ1) is 17.5. The Balaban J connectivity index is 1.29. The molecule has 2 fully saturated rings. The van der Waals surface area contributed by atoms with Crippen molar-refractivity contribution in [2.24, 2.45) is 5.92 Å². The Hall–Kier alpha value is -2.78. The third-order valence-corrected chi connectivity index (χ3v) is 8.09. The van der Waals surface area contributed by atoms with Gasteiger partial charge in [0.05, 0.1) is 12.2 Å². The molecule has 194 valence electrons. The van der Waals surface area contributed by atoms with Gasteiger partial charge in [0.2, 0.25) is 5.91 Å². The van der Waals surface area contributed by atoms with Crippen molar-refractivity contribution in [1.29, 1.82) is 0 Å².